The first-order valence-corrected chi connectivity index (χ1v) is 10.8. The molecule has 0 N–H and O–H groups in total. The number of carbonyl (C=O) groups excluding carboxylic acids is 2. The van der Waals surface area contributed by atoms with Gasteiger partial charge < -0.3 is 14.2 Å². The van der Waals surface area contributed by atoms with E-state index in [2.05, 4.69) is 0 Å². The van der Waals surface area contributed by atoms with Crippen LogP contribution in [0.15, 0.2) is 48.5 Å². The third kappa shape index (κ3) is 3.84. The van der Waals surface area contributed by atoms with Crippen molar-refractivity contribution in [2.24, 2.45) is 0 Å². The second kappa shape index (κ2) is 8.35. The molecule has 3 saturated heterocycles. The van der Waals surface area contributed by atoms with Crippen LogP contribution in [-0.2, 0) is 19.0 Å². The number of morpholine rings is 1. The molecule has 7 atom stereocenters. The zero-order valence-electron chi connectivity index (χ0n) is 18.0. The molecule has 3 aliphatic rings. The van der Waals surface area contributed by atoms with Gasteiger partial charge in [0.15, 0.2) is 17.8 Å². The number of carbonyl (C=O) groups is 2. The van der Waals surface area contributed by atoms with Crippen molar-refractivity contribution < 1.29 is 41.4 Å². The molecular weight excluding hydrogens is 458 g/mol. The first-order chi connectivity index (χ1) is 16.2. The van der Waals surface area contributed by atoms with Crippen molar-refractivity contribution in [3.05, 3.63) is 71.3 Å². The third-order valence-corrected chi connectivity index (χ3v) is 6.76. The van der Waals surface area contributed by atoms with Crippen LogP contribution in [0.25, 0.3) is 0 Å². The van der Waals surface area contributed by atoms with Crippen LogP contribution in [-0.4, -0.2) is 66.8 Å². The summed E-state index contributed by atoms with van der Waals surface area (Å²) in [6.07, 6.45) is -3.21. The van der Waals surface area contributed by atoms with Crippen molar-refractivity contribution in [2.75, 3.05) is 13.7 Å². The van der Waals surface area contributed by atoms with E-state index >= 15 is 8.78 Å². The summed E-state index contributed by atoms with van der Waals surface area (Å²) in [6.45, 7) is -0.575. The van der Waals surface area contributed by atoms with E-state index in [9.17, 15) is 18.4 Å². The van der Waals surface area contributed by atoms with Gasteiger partial charge in [-0.3, -0.25) is 9.69 Å². The van der Waals surface area contributed by atoms with Crippen LogP contribution in [0.4, 0.5) is 17.6 Å². The molecule has 34 heavy (non-hydrogen) atoms. The zero-order valence-corrected chi connectivity index (χ0v) is 18.0. The Hall–Kier alpha value is -2.98. The van der Waals surface area contributed by atoms with Gasteiger partial charge in [0, 0.05) is 12.5 Å². The normalized spacial score (nSPS) is 32.6. The van der Waals surface area contributed by atoms with Crippen LogP contribution in [0.3, 0.4) is 0 Å². The fourth-order valence-electron chi connectivity index (χ4n) is 4.88. The maximum Gasteiger partial charge on any atom is 0.338 e. The Kier molecular flexibility index (Phi) is 5.60. The number of rotatable bonds is 6. The number of likely N-dealkylation sites (N-methyl/N-ethyl adjacent to an activating group) is 1. The second-order valence-electron chi connectivity index (χ2n) is 8.79. The lowest BCUT2D eigenvalue weighted by molar-refractivity contribution is -0.233. The Morgan fingerprint density at radius 1 is 1.15 bits per heavy atom. The summed E-state index contributed by atoms with van der Waals surface area (Å²) < 4.78 is 73.1. The number of hydrogen-bond acceptors (Lipinski definition) is 6. The Labute approximate surface area is 192 Å². The smallest absolute Gasteiger partial charge is 0.338 e. The molecule has 3 heterocycles. The molecule has 2 aromatic rings. The van der Waals surface area contributed by atoms with Crippen LogP contribution >= 0.6 is 0 Å². The molecular formula is C24H21F4NO5. The van der Waals surface area contributed by atoms with Crippen LogP contribution in [0.2, 0.25) is 0 Å². The van der Waals surface area contributed by atoms with Crippen molar-refractivity contribution in [2.45, 2.75) is 48.7 Å². The summed E-state index contributed by atoms with van der Waals surface area (Å²) >= 11 is 0. The highest BCUT2D eigenvalue weighted by Gasteiger charge is 2.72. The highest BCUT2D eigenvalue weighted by Crippen LogP contribution is 2.53. The van der Waals surface area contributed by atoms with E-state index in [0.717, 1.165) is 12.1 Å². The highest BCUT2D eigenvalue weighted by atomic mass is 19.2. The molecule has 2 bridgehead atoms. The summed E-state index contributed by atoms with van der Waals surface area (Å²) in [6, 6.07) is 9.23. The number of hydrogen-bond donors (Lipinski definition) is 0. The number of esters is 2. The summed E-state index contributed by atoms with van der Waals surface area (Å²) in [5.74, 6) is -8.61. The third-order valence-electron chi connectivity index (χ3n) is 6.76. The number of halogens is 4. The first-order valence-electron chi connectivity index (χ1n) is 10.8. The predicted octanol–water partition coefficient (Wildman–Crippen LogP) is 3.31. The van der Waals surface area contributed by atoms with Crippen molar-refractivity contribution in [1.29, 1.82) is 0 Å². The van der Waals surface area contributed by atoms with Crippen molar-refractivity contribution >= 4 is 11.9 Å². The number of ether oxygens (including phenoxy) is 3. The van der Waals surface area contributed by atoms with Crippen molar-refractivity contribution in [3.63, 3.8) is 0 Å². The molecule has 3 fully saturated rings. The molecule has 0 radical (unpaired) electrons. The van der Waals surface area contributed by atoms with Gasteiger partial charge in [0.25, 0.3) is 5.85 Å². The van der Waals surface area contributed by atoms with Gasteiger partial charge in [0.1, 0.15) is 24.7 Å². The molecule has 0 aliphatic carbocycles. The Balaban J connectivity index is 1.32. The summed E-state index contributed by atoms with van der Waals surface area (Å²) in [5.41, 5.74) is 0.0858. The molecule has 0 aromatic heterocycles. The number of epoxide rings is 1. The van der Waals surface area contributed by atoms with E-state index in [1.807, 2.05) is 0 Å². The maximum absolute atomic E-state index is 15.7. The lowest BCUT2D eigenvalue weighted by Crippen LogP contribution is -2.61. The van der Waals surface area contributed by atoms with Gasteiger partial charge >= 0.3 is 11.9 Å². The number of nitrogens with zero attached hydrogens (tertiary/aromatic N) is 1. The molecule has 3 aliphatic heterocycles. The van der Waals surface area contributed by atoms with E-state index in [1.165, 1.54) is 0 Å². The van der Waals surface area contributed by atoms with Gasteiger partial charge in [-0.2, -0.15) is 4.39 Å². The van der Waals surface area contributed by atoms with Gasteiger partial charge in [-0.25, -0.2) is 18.0 Å². The molecule has 0 spiro atoms. The molecule has 180 valence electrons. The van der Waals surface area contributed by atoms with E-state index in [0.29, 0.717) is 11.6 Å². The van der Waals surface area contributed by atoms with Gasteiger partial charge in [-0.05, 0) is 30.8 Å². The first kappa shape index (κ1) is 22.8. The average molecular weight is 479 g/mol. The minimum Gasteiger partial charge on any atom is -0.461 e. The van der Waals surface area contributed by atoms with Crippen LogP contribution in [0.1, 0.15) is 28.3 Å². The minimum absolute atomic E-state index is 0.268. The van der Waals surface area contributed by atoms with Gasteiger partial charge in [-0.1, -0.05) is 30.3 Å². The van der Waals surface area contributed by atoms with Crippen LogP contribution < -0.4 is 0 Å². The van der Waals surface area contributed by atoms with Gasteiger partial charge in [0.05, 0.1) is 11.6 Å². The number of benzene rings is 2. The molecule has 4 unspecified atom stereocenters. The predicted molar refractivity (Wildman–Crippen MR) is 109 cm³/mol. The second-order valence-corrected chi connectivity index (χ2v) is 8.79. The monoisotopic (exact) mass is 479 g/mol. The van der Waals surface area contributed by atoms with E-state index in [-0.39, 0.29) is 18.1 Å². The molecule has 0 saturated carbocycles. The summed E-state index contributed by atoms with van der Waals surface area (Å²) in [7, 11) is 1.68. The number of alkyl halides is 2. The minimum atomic E-state index is -2.85. The Morgan fingerprint density at radius 2 is 1.88 bits per heavy atom. The zero-order chi connectivity index (χ0) is 24.2. The number of piperidine rings is 1. The van der Waals surface area contributed by atoms with E-state index in [1.54, 1.807) is 42.3 Å². The molecule has 0 amide bonds. The van der Waals surface area contributed by atoms with Crippen LogP contribution in [0, 0.1) is 11.6 Å². The number of fused-ring (bicyclic) bond motifs is 5. The van der Waals surface area contributed by atoms with E-state index < -0.39 is 66.3 Å². The SMILES string of the molecule is CN1C2C[C@@](F)(OC(=O)C(COC(=O)c3ccc(F)c(F)c3)c3ccccc3)C(F)C1[C@@H]1O[C@H]21. The highest BCUT2D eigenvalue weighted by molar-refractivity contribution is 5.89. The molecule has 2 aromatic carbocycles. The Bertz CT molecular complexity index is 1120. The summed E-state index contributed by atoms with van der Waals surface area (Å²) in [5, 5.41) is 0. The molecule has 10 heteroatoms. The van der Waals surface area contributed by atoms with Crippen molar-refractivity contribution in [1.82, 2.24) is 4.90 Å². The molecule has 6 nitrogen and oxygen atoms in total. The standard InChI is InChI=1S/C24H21F4NO5/c1-29-17-10-24(28,21(27)18(29)20-19(17)33-20)34-23(31)14(12-5-3-2-4-6-12)11-32-22(30)13-7-8-15(25)16(26)9-13/h2-9,14,17-21H,10-11H2,1H3/t14?,17?,18?,19-,20+,21?,24-/m1/s1. The van der Waals surface area contributed by atoms with Crippen molar-refractivity contribution in [3.8, 4) is 0 Å². The lowest BCUT2D eigenvalue weighted by Gasteiger charge is -2.43. The topological polar surface area (TPSA) is 68.4 Å². The largest absolute Gasteiger partial charge is 0.461 e. The lowest BCUT2D eigenvalue weighted by atomic mass is 9.94. The average Bonchev–Trinajstić information content (AvgIpc) is 3.55. The van der Waals surface area contributed by atoms with E-state index in [4.69, 9.17) is 14.2 Å². The Morgan fingerprint density at radius 3 is 2.59 bits per heavy atom. The van der Waals surface area contributed by atoms with Gasteiger partial charge in [0.2, 0.25) is 0 Å². The van der Waals surface area contributed by atoms with Gasteiger partial charge in [-0.15, -0.1) is 0 Å². The summed E-state index contributed by atoms with van der Waals surface area (Å²) in [4.78, 5) is 27.1. The molecule has 5 rings (SSSR count). The van der Waals surface area contributed by atoms with Crippen LogP contribution in [0.5, 0.6) is 0 Å². The fraction of sp³-hybridized carbons (Fsp3) is 0.417. The quantitative estimate of drug-likeness (QED) is 0.360. The fourth-order valence-corrected chi connectivity index (χ4v) is 4.88. The maximum atomic E-state index is 15.7.